The minimum Gasteiger partial charge on any atom is -0.332 e. The number of hydrogen-bond acceptors (Lipinski definition) is 2. The fourth-order valence-corrected chi connectivity index (χ4v) is 3.21. The zero-order valence-electron chi connectivity index (χ0n) is 9.91. The van der Waals surface area contributed by atoms with Gasteiger partial charge in [-0.1, -0.05) is 20.8 Å². The first-order valence-corrected chi connectivity index (χ1v) is 5.71. The van der Waals surface area contributed by atoms with Gasteiger partial charge in [-0.25, -0.2) is 0 Å². The van der Waals surface area contributed by atoms with Crippen molar-refractivity contribution in [2.75, 3.05) is 6.54 Å². The van der Waals surface area contributed by atoms with Crippen LogP contribution >= 0.6 is 0 Å². The largest absolute Gasteiger partial charge is 0.332 e. The highest BCUT2D eigenvalue weighted by atomic mass is 16.2. The quantitative estimate of drug-likeness (QED) is 0.690. The van der Waals surface area contributed by atoms with Crippen molar-refractivity contribution in [3.8, 4) is 0 Å². The smallest absolute Gasteiger partial charge is 0.222 e. The summed E-state index contributed by atoms with van der Waals surface area (Å²) in [5, 5.41) is 0. The van der Waals surface area contributed by atoms with Crippen LogP contribution in [-0.2, 0) is 9.59 Å². The van der Waals surface area contributed by atoms with E-state index in [2.05, 4.69) is 13.8 Å². The van der Waals surface area contributed by atoms with Crippen molar-refractivity contribution in [2.24, 2.45) is 17.3 Å². The lowest BCUT2D eigenvalue weighted by Crippen LogP contribution is -2.44. The van der Waals surface area contributed by atoms with Gasteiger partial charge < -0.3 is 4.90 Å². The third kappa shape index (κ3) is 1.32. The summed E-state index contributed by atoms with van der Waals surface area (Å²) in [5.74, 6) is 1.22. The Labute approximate surface area is 90.8 Å². The Bertz CT molecular complexity index is 322. The number of hydrogen-bond donors (Lipinski definition) is 0. The second kappa shape index (κ2) is 3.06. The summed E-state index contributed by atoms with van der Waals surface area (Å²) in [6.45, 7) is 8.65. The van der Waals surface area contributed by atoms with Crippen molar-refractivity contribution in [1.29, 1.82) is 0 Å². The molecule has 1 unspecified atom stereocenters. The third-order valence-corrected chi connectivity index (χ3v) is 4.25. The van der Waals surface area contributed by atoms with Crippen molar-refractivity contribution in [1.82, 2.24) is 4.90 Å². The molecule has 0 aromatic rings. The fraction of sp³-hybridized carbons (Fsp3) is 0.833. The number of carbonyl (C=O) groups excluding carboxylic acids is 2. The molecule has 0 aromatic carbocycles. The molecule has 2 rings (SSSR count). The van der Waals surface area contributed by atoms with Crippen LogP contribution in [0.5, 0.6) is 0 Å². The Hall–Kier alpha value is -0.860. The van der Waals surface area contributed by atoms with Crippen molar-refractivity contribution >= 4 is 11.7 Å². The Kier molecular flexibility index (Phi) is 2.18. The van der Waals surface area contributed by atoms with E-state index in [0.717, 1.165) is 6.54 Å². The van der Waals surface area contributed by atoms with Gasteiger partial charge in [0.15, 0.2) is 5.78 Å². The lowest BCUT2D eigenvalue weighted by molar-refractivity contribution is -0.138. The number of piperidine rings is 1. The number of carbonyl (C=O) groups is 2. The van der Waals surface area contributed by atoms with E-state index in [0.29, 0.717) is 18.3 Å². The molecule has 84 valence electrons. The van der Waals surface area contributed by atoms with E-state index in [1.807, 2.05) is 6.92 Å². The molecule has 0 aromatic heterocycles. The van der Waals surface area contributed by atoms with Gasteiger partial charge in [0.1, 0.15) is 0 Å². The molecule has 0 bridgehead atoms. The fourth-order valence-electron chi connectivity index (χ4n) is 3.21. The topological polar surface area (TPSA) is 37.4 Å². The van der Waals surface area contributed by atoms with E-state index < -0.39 is 0 Å². The van der Waals surface area contributed by atoms with Crippen LogP contribution in [0.1, 0.15) is 34.1 Å². The average Bonchev–Trinajstić information content (AvgIpc) is 2.60. The van der Waals surface area contributed by atoms with Gasteiger partial charge in [0, 0.05) is 13.0 Å². The van der Waals surface area contributed by atoms with Crippen molar-refractivity contribution < 1.29 is 9.59 Å². The molecule has 1 saturated carbocycles. The van der Waals surface area contributed by atoms with Gasteiger partial charge in [0.2, 0.25) is 5.91 Å². The van der Waals surface area contributed by atoms with Crippen LogP contribution in [0.2, 0.25) is 0 Å². The maximum Gasteiger partial charge on any atom is 0.222 e. The molecule has 15 heavy (non-hydrogen) atoms. The third-order valence-electron chi connectivity index (χ3n) is 4.25. The number of rotatable bonds is 2. The maximum absolute atomic E-state index is 11.7. The highest BCUT2D eigenvalue weighted by molar-refractivity contribution is 5.89. The summed E-state index contributed by atoms with van der Waals surface area (Å²) >= 11 is 0. The van der Waals surface area contributed by atoms with E-state index in [9.17, 15) is 9.59 Å². The Morgan fingerprint density at radius 2 is 2.00 bits per heavy atom. The molecule has 3 nitrogen and oxygen atoms in total. The summed E-state index contributed by atoms with van der Waals surface area (Å²) < 4.78 is 0. The van der Waals surface area contributed by atoms with Gasteiger partial charge in [-0.15, -0.1) is 0 Å². The number of Topliss-reactive ketones (excluding diaryl/α,β-unsaturated/α-hetero) is 1. The molecule has 2 fully saturated rings. The van der Waals surface area contributed by atoms with Gasteiger partial charge in [0.05, 0.1) is 6.04 Å². The lowest BCUT2D eigenvalue weighted by atomic mass is 9.98. The SMILES string of the molecule is CCC(=O)N1C[C@H]2[C@@H](C1C(C)=O)C2(C)C. The van der Waals surface area contributed by atoms with Crippen molar-refractivity contribution in [2.45, 2.75) is 40.2 Å². The Balaban J connectivity index is 2.19. The summed E-state index contributed by atoms with van der Waals surface area (Å²) in [4.78, 5) is 25.1. The van der Waals surface area contributed by atoms with Crippen LogP contribution in [0.25, 0.3) is 0 Å². The van der Waals surface area contributed by atoms with Gasteiger partial charge in [-0.05, 0) is 24.2 Å². The first-order valence-electron chi connectivity index (χ1n) is 5.71. The molecule has 1 heterocycles. The minimum atomic E-state index is -0.141. The first-order chi connectivity index (χ1) is 6.91. The summed E-state index contributed by atoms with van der Waals surface area (Å²) in [6, 6.07) is -0.141. The molecule has 1 aliphatic heterocycles. The van der Waals surface area contributed by atoms with Crippen LogP contribution in [0.3, 0.4) is 0 Å². The molecule has 1 amide bonds. The van der Waals surface area contributed by atoms with Crippen LogP contribution in [0, 0.1) is 17.3 Å². The predicted octanol–water partition coefficient (Wildman–Crippen LogP) is 1.47. The van der Waals surface area contributed by atoms with E-state index in [-0.39, 0.29) is 23.1 Å². The normalized spacial score (nSPS) is 36.3. The second-order valence-electron chi connectivity index (χ2n) is 5.41. The average molecular weight is 209 g/mol. The van der Waals surface area contributed by atoms with Crippen LogP contribution in [0.15, 0.2) is 0 Å². The molecular weight excluding hydrogens is 190 g/mol. The number of likely N-dealkylation sites (tertiary alicyclic amines) is 1. The van der Waals surface area contributed by atoms with Gasteiger partial charge in [-0.2, -0.15) is 0 Å². The molecule has 0 radical (unpaired) electrons. The number of nitrogens with zero attached hydrogens (tertiary/aromatic N) is 1. The molecule has 1 aliphatic carbocycles. The number of amides is 1. The summed E-state index contributed by atoms with van der Waals surface area (Å²) in [5.41, 5.74) is 0.265. The predicted molar refractivity (Wildman–Crippen MR) is 57.2 cm³/mol. The second-order valence-corrected chi connectivity index (χ2v) is 5.41. The van der Waals surface area contributed by atoms with Crippen LogP contribution in [-0.4, -0.2) is 29.2 Å². The molecular formula is C12H19NO2. The highest BCUT2D eigenvalue weighted by Gasteiger charge is 2.68. The van der Waals surface area contributed by atoms with Gasteiger partial charge in [0.25, 0.3) is 0 Å². The van der Waals surface area contributed by atoms with E-state index in [1.165, 1.54) is 0 Å². The zero-order chi connectivity index (χ0) is 11.4. The van der Waals surface area contributed by atoms with Crippen molar-refractivity contribution in [3.05, 3.63) is 0 Å². The molecule has 3 heteroatoms. The molecule has 0 N–H and O–H groups in total. The zero-order valence-corrected chi connectivity index (χ0v) is 9.91. The minimum absolute atomic E-state index is 0.123. The molecule has 1 saturated heterocycles. The van der Waals surface area contributed by atoms with E-state index >= 15 is 0 Å². The number of fused-ring (bicyclic) bond motifs is 1. The monoisotopic (exact) mass is 209 g/mol. The van der Waals surface area contributed by atoms with Gasteiger partial charge in [-0.3, -0.25) is 9.59 Å². The van der Waals surface area contributed by atoms with E-state index in [1.54, 1.807) is 11.8 Å². The van der Waals surface area contributed by atoms with Crippen LogP contribution in [0.4, 0.5) is 0 Å². The Morgan fingerprint density at radius 3 is 2.47 bits per heavy atom. The Morgan fingerprint density at radius 1 is 1.40 bits per heavy atom. The van der Waals surface area contributed by atoms with Gasteiger partial charge >= 0.3 is 0 Å². The standard InChI is InChI=1S/C12H19NO2/c1-5-9(15)13-6-8-10(12(8,3)4)11(13)7(2)14/h8,10-11H,5-6H2,1-4H3/t8-,10-,11?/m0/s1. The van der Waals surface area contributed by atoms with Crippen LogP contribution < -0.4 is 0 Å². The van der Waals surface area contributed by atoms with Crippen molar-refractivity contribution in [3.63, 3.8) is 0 Å². The molecule has 0 spiro atoms. The van der Waals surface area contributed by atoms with E-state index in [4.69, 9.17) is 0 Å². The molecule has 2 aliphatic rings. The highest BCUT2D eigenvalue weighted by Crippen LogP contribution is 2.64. The summed E-state index contributed by atoms with van der Waals surface area (Å²) in [7, 11) is 0. The lowest BCUT2D eigenvalue weighted by Gasteiger charge is -2.28. The molecule has 3 atom stereocenters. The first kappa shape index (κ1) is 10.7. The summed E-state index contributed by atoms with van der Waals surface area (Å²) in [6.07, 6.45) is 0.504. The maximum atomic E-state index is 11.7. The number of ketones is 1.